The van der Waals surface area contributed by atoms with Crippen LogP contribution in [0.1, 0.15) is 19.4 Å². The van der Waals surface area contributed by atoms with Crippen molar-refractivity contribution in [3.8, 4) is 0 Å². The number of benzene rings is 1. The Labute approximate surface area is 110 Å². The van der Waals surface area contributed by atoms with Gasteiger partial charge in [-0.1, -0.05) is 26.0 Å². The van der Waals surface area contributed by atoms with E-state index in [1.807, 2.05) is 0 Å². The minimum atomic E-state index is 0.679. The van der Waals surface area contributed by atoms with E-state index in [-0.39, 0.29) is 0 Å². The molecule has 1 heterocycles. The Bertz CT molecular complexity index is 342. The van der Waals surface area contributed by atoms with Gasteiger partial charge in [0.15, 0.2) is 0 Å². The summed E-state index contributed by atoms with van der Waals surface area (Å²) in [6.07, 6.45) is 0. The van der Waals surface area contributed by atoms with Crippen molar-refractivity contribution in [2.24, 2.45) is 5.92 Å². The maximum Gasteiger partial charge on any atom is 0.0594 e. The van der Waals surface area contributed by atoms with Gasteiger partial charge in [-0.2, -0.15) is 0 Å². The SMILES string of the molecule is CC(C)CNc1ccc(CN2CCOCC2)cc1. The molecular formula is C15H24N2O. The van der Waals surface area contributed by atoms with Crippen molar-refractivity contribution in [1.29, 1.82) is 0 Å². The molecule has 0 spiro atoms. The lowest BCUT2D eigenvalue weighted by atomic mass is 10.1. The van der Waals surface area contributed by atoms with E-state index in [2.05, 4.69) is 48.3 Å². The quantitative estimate of drug-likeness (QED) is 0.867. The molecule has 0 atom stereocenters. The first-order valence-corrected chi connectivity index (χ1v) is 6.87. The van der Waals surface area contributed by atoms with Crippen LogP contribution in [0, 0.1) is 5.92 Å². The zero-order valence-electron chi connectivity index (χ0n) is 11.5. The maximum absolute atomic E-state index is 5.36. The van der Waals surface area contributed by atoms with E-state index in [1.54, 1.807) is 0 Å². The first-order chi connectivity index (χ1) is 8.74. The molecule has 0 unspecified atom stereocenters. The molecule has 1 saturated heterocycles. The van der Waals surface area contributed by atoms with Crippen LogP contribution < -0.4 is 5.32 Å². The van der Waals surface area contributed by atoms with Gasteiger partial charge in [-0.25, -0.2) is 0 Å². The first-order valence-electron chi connectivity index (χ1n) is 6.87. The second kappa shape index (κ2) is 6.76. The van der Waals surface area contributed by atoms with Gasteiger partial charge in [0.05, 0.1) is 13.2 Å². The van der Waals surface area contributed by atoms with E-state index < -0.39 is 0 Å². The molecule has 0 aromatic heterocycles. The van der Waals surface area contributed by atoms with Crippen LogP contribution >= 0.6 is 0 Å². The number of hydrogen-bond donors (Lipinski definition) is 1. The fourth-order valence-electron chi connectivity index (χ4n) is 2.07. The highest BCUT2D eigenvalue weighted by molar-refractivity contribution is 5.44. The topological polar surface area (TPSA) is 24.5 Å². The summed E-state index contributed by atoms with van der Waals surface area (Å²) in [5.41, 5.74) is 2.60. The van der Waals surface area contributed by atoms with Crippen molar-refractivity contribution < 1.29 is 4.74 Å². The Morgan fingerprint density at radius 2 is 1.83 bits per heavy atom. The molecule has 100 valence electrons. The first kappa shape index (κ1) is 13.4. The minimum absolute atomic E-state index is 0.679. The average Bonchev–Trinajstić information content (AvgIpc) is 2.39. The van der Waals surface area contributed by atoms with Gasteiger partial charge in [-0.05, 0) is 23.6 Å². The van der Waals surface area contributed by atoms with Gasteiger partial charge in [0.25, 0.3) is 0 Å². The monoisotopic (exact) mass is 248 g/mol. The number of ether oxygens (including phenoxy) is 1. The fourth-order valence-corrected chi connectivity index (χ4v) is 2.07. The molecule has 0 amide bonds. The molecule has 0 radical (unpaired) electrons. The lowest BCUT2D eigenvalue weighted by molar-refractivity contribution is 0.0342. The van der Waals surface area contributed by atoms with E-state index in [0.717, 1.165) is 39.4 Å². The Kier molecular flexibility index (Phi) is 5.02. The molecule has 1 N–H and O–H groups in total. The number of hydrogen-bond acceptors (Lipinski definition) is 3. The molecule has 0 aliphatic carbocycles. The van der Waals surface area contributed by atoms with Crippen LogP contribution in [0.4, 0.5) is 5.69 Å². The maximum atomic E-state index is 5.36. The number of anilines is 1. The summed E-state index contributed by atoms with van der Waals surface area (Å²) >= 11 is 0. The molecule has 1 aromatic carbocycles. The molecule has 2 rings (SSSR count). The summed E-state index contributed by atoms with van der Waals surface area (Å²) in [7, 11) is 0. The molecule has 1 aromatic rings. The Morgan fingerprint density at radius 1 is 1.17 bits per heavy atom. The van der Waals surface area contributed by atoms with Gasteiger partial charge in [-0.3, -0.25) is 4.90 Å². The molecule has 1 fully saturated rings. The van der Waals surface area contributed by atoms with Crippen LogP contribution in [0.15, 0.2) is 24.3 Å². The van der Waals surface area contributed by atoms with Gasteiger partial charge in [-0.15, -0.1) is 0 Å². The molecule has 1 aliphatic heterocycles. The summed E-state index contributed by atoms with van der Waals surface area (Å²) in [6.45, 7) is 10.3. The standard InChI is InChI=1S/C15H24N2O/c1-13(2)11-16-15-5-3-14(4-6-15)12-17-7-9-18-10-8-17/h3-6,13,16H,7-12H2,1-2H3. The van der Waals surface area contributed by atoms with Crippen LogP contribution in [-0.4, -0.2) is 37.7 Å². The van der Waals surface area contributed by atoms with Crippen molar-refractivity contribution in [2.45, 2.75) is 20.4 Å². The summed E-state index contributed by atoms with van der Waals surface area (Å²) in [4.78, 5) is 2.44. The van der Waals surface area contributed by atoms with Gasteiger partial charge >= 0.3 is 0 Å². The third-order valence-electron chi connectivity index (χ3n) is 3.18. The Balaban J connectivity index is 1.83. The Morgan fingerprint density at radius 3 is 2.44 bits per heavy atom. The average molecular weight is 248 g/mol. The molecule has 18 heavy (non-hydrogen) atoms. The Hall–Kier alpha value is -1.06. The minimum Gasteiger partial charge on any atom is -0.385 e. The van der Waals surface area contributed by atoms with E-state index in [4.69, 9.17) is 4.74 Å². The number of nitrogens with zero attached hydrogens (tertiary/aromatic N) is 1. The molecular weight excluding hydrogens is 224 g/mol. The number of rotatable bonds is 5. The van der Waals surface area contributed by atoms with E-state index in [0.29, 0.717) is 5.92 Å². The largest absolute Gasteiger partial charge is 0.385 e. The number of nitrogens with one attached hydrogen (secondary N) is 1. The summed E-state index contributed by atoms with van der Waals surface area (Å²) in [5, 5.41) is 3.44. The lowest BCUT2D eigenvalue weighted by Gasteiger charge is -2.26. The molecule has 1 aliphatic rings. The number of morpholine rings is 1. The van der Waals surface area contributed by atoms with Crippen molar-refractivity contribution in [1.82, 2.24) is 4.90 Å². The van der Waals surface area contributed by atoms with Crippen LogP contribution in [0.5, 0.6) is 0 Å². The van der Waals surface area contributed by atoms with E-state index in [9.17, 15) is 0 Å². The van der Waals surface area contributed by atoms with Crippen LogP contribution in [0.3, 0.4) is 0 Å². The molecule has 0 bridgehead atoms. The van der Waals surface area contributed by atoms with Crippen molar-refractivity contribution in [2.75, 3.05) is 38.2 Å². The van der Waals surface area contributed by atoms with Crippen LogP contribution in [-0.2, 0) is 11.3 Å². The lowest BCUT2D eigenvalue weighted by Crippen LogP contribution is -2.35. The molecule has 3 nitrogen and oxygen atoms in total. The molecule has 3 heteroatoms. The second-order valence-corrected chi connectivity index (χ2v) is 5.36. The second-order valence-electron chi connectivity index (χ2n) is 5.36. The highest BCUT2D eigenvalue weighted by atomic mass is 16.5. The zero-order chi connectivity index (χ0) is 12.8. The summed E-state index contributed by atoms with van der Waals surface area (Å²) in [5.74, 6) is 0.679. The van der Waals surface area contributed by atoms with Crippen LogP contribution in [0.25, 0.3) is 0 Å². The third-order valence-corrected chi connectivity index (χ3v) is 3.18. The van der Waals surface area contributed by atoms with Crippen LogP contribution in [0.2, 0.25) is 0 Å². The summed E-state index contributed by atoms with van der Waals surface area (Å²) in [6, 6.07) is 8.80. The summed E-state index contributed by atoms with van der Waals surface area (Å²) < 4.78 is 5.36. The van der Waals surface area contributed by atoms with Gasteiger partial charge in [0, 0.05) is 31.9 Å². The van der Waals surface area contributed by atoms with Gasteiger partial charge in [0.1, 0.15) is 0 Å². The third kappa shape index (κ3) is 4.31. The van der Waals surface area contributed by atoms with Gasteiger partial charge in [0.2, 0.25) is 0 Å². The normalized spacial score (nSPS) is 17.1. The van der Waals surface area contributed by atoms with Crippen molar-refractivity contribution >= 4 is 5.69 Å². The predicted octanol–water partition coefficient (Wildman–Crippen LogP) is 2.59. The smallest absolute Gasteiger partial charge is 0.0594 e. The highest BCUT2D eigenvalue weighted by Crippen LogP contribution is 2.12. The zero-order valence-corrected chi connectivity index (χ0v) is 11.5. The van der Waals surface area contributed by atoms with Crippen molar-refractivity contribution in [3.63, 3.8) is 0 Å². The van der Waals surface area contributed by atoms with E-state index in [1.165, 1.54) is 11.3 Å². The molecule has 0 saturated carbocycles. The van der Waals surface area contributed by atoms with E-state index >= 15 is 0 Å². The van der Waals surface area contributed by atoms with Gasteiger partial charge < -0.3 is 10.1 Å². The fraction of sp³-hybridized carbons (Fsp3) is 0.600. The van der Waals surface area contributed by atoms with Crippen molar-refractivity contribution in [3.05, 3.63) is 29.8 Å². The highest BCUT2D eigenvalue weighted by Gasteiger charge is 2.10. The predicted molar refractivity (Wildman–Crippen MR) is 75.9 cm³/mol.